The molecular formula is C14H17NOS. The molecule has 0 aliphatic carbocycles. The van der Waals surface area contributed by atoms with Gasteiger partial charge in [-0.3, -0.25) is 0 Å². The SMILES string of the molecule is Cc1ccc(C(CO)Cc2cnc(C)s2)cc1. The summed E-state index contributed by atoms with van der Waals surface area (Å²) in [4.78, 5) is 5.49. The molecule has 3 heteroatoms. The second kappa shape index (κ2) is 5.43. The number of aromatic nitrogens is 1. The second-order valence-corrected chi connectivity index (χ2v) is 5.66. The van der Waals surface area contributed by atoms with E-state index in [0.29, 0.717) is 0 Å². The van der Waals surface area contributed by atoms with Gasteiger partial charge in [0.15, 0.2) is 0 Å². The van der Waals surface area contributed by atoms with Gasteiger partial charge in [-0.25, -0.2) is 4.98 Å². The Morgan fingerprint density at radius 1 is 1.24 bits per heavy atom. The van der Waals surface area contributed by atoms with E-state index in [2.05, 4.69) is 36.2 Å². The van der Waals surface area contributed by atoms with Gasteiger partial charge in [0.05, 0.1) is 11.6 Å². The molecule has 0 saturated heterocycles. The van der Waals surface area contributed by atoms with E-state index in [9.17, 15) is 5.11 Å². The second-order valence-electron chi connectivity index (χ2n) is 4.34. The highest BCUT2D eigenvalue weighted by molar-refractivity contribution is 7.11. The molecule has 0 aliphatic heterocycles. The molecule has 0 radical (unpaired) electrons. The fourth-order valence-electron chi connectivity index (χ4n) is 1.87. The van der Waals surface area contributed by atoms with Crippen molar-refractivity contribution in [1.29, 1.82) is 0 Å². The Hall–Kier alpha value is -1.19. The largest absolute Gasteiger partial charge is 0.396 e. The lowest BCUT2D eigenvalue weighted by Crippen LogP contribution is -2.06. The van der Waals surface area contributed by atoms with Gasteiger partial charge in [0, 0.05) is 17.0 Å². The normalized spacial score (nSPS) is 12.6. The van der Waals surface area contributed by atoms with Crippen LogP contribution >= 0.6 is 11.3 Å². The number of aliphatic hydroxyl groups excluding tert-OH is 1. The van der Waals surface area contributed by atoms with Crippen LogP contribution in [-0.2, 0) is 6.42 Å². The van der Waals surface area contributed by atoms with Crippen LogP contribution in [-0.4, -0.2) is 16.7 Å². The quantitative estimate of drug-likeness (QED) is 0.900. The number of nitrogens with zero attached hydrogens (tertiary/aromatic N) is 1. The van der Waals surface area contributed by atoms with Gasteiger partial charge in [0.1, 0.15) is 0 Å². The highest BCUT2D eigenvalue weighted by Gasteiger charge is 2.12. The molecule has 1 heterocycles. The van der Waals surface area contributed by atoms with E-state index in [1.54, 1.807) is 11.3 Å². The zero-order valence-corrected chi connectivity index (χ0v) is 11.0. The number of benzene rings is 1. The maximum atomic E-state index is 9.50. The average molecular weight is 247 g/mol. The van der Waals surface area contributed by atoms with Gasteiger partial charge in [0.2, 0.25) is 0 Å². The molecule has 2 rings (SSSR count). The van der Waals surface area contributed by atoms with Crippen molar-refractivity contribution in [3.8, 4) is 0 Å². The molecule has 0 fully saturated rings. The Balaban J connectivity index is 2.13. The summed E-state index contributed by atoms with van der Waals surface area (Å²) in [5.74, 6) is 0.176. The summed E-state index contributed by atoms with van der Waals surface area (Å²) < 4.78 is 0. The van der Waals surface area contributed by atoms with Crippen LogP contribution in [0.2, 0.25) is 0 Å². The van der Waals surface area contributed by atoms with Crippen molar-refractivity contribution in [3.05, 3.63) is 51.5 Å². The smallest absolute Gasteiger partial charge is 0.0896 e. The number of hydrogen-bond acceptors (Lipinski definition) is 3. The summed E-state index contributed by atoms with van der Waals surface area (Å²) in [5.41, 5.74) is 2.45. The van der Waals surface area contributed by atoms with Crippen LogP contribution in [0.4, 0.5) is 0 Å². The highest BCUT2D eigenvalue weighted by atomic mass is 32.1. The third kappa shape index (κ3) is 3.14. The molecule has 90 valence electrons. The Morgan fingerprint density at radius 2 is 1.94 bits per heavy atom. The summed E-state index contributed by atoms with van der Waals surface area (Å²) in [6.45, 7) is 4.26. The summed E-state index contributed by atoms with van der Waals surface area (Å²) in [5, 5.41) is 10.6. The van der Waals surface area contributed by atoms with Gasteiger partial charge in [-0.2, -0.15) is 0 Å². The van der Waals surface area contributed by atoms with Crippen molar-refractivity contribution in [1.82, 2.24) is 4.98 Å². The Kier molecular flexibility index (Phi) is 3.92. The first kappa shape index (κ1) is 12.3. The summed E-state index contributed by atoms with van der Waals surface area (Å²) in [6.07, 6.45) is 2.78. The molecule has 1 aromatic carbocycles. The van der Waals surface area contributed by atoms with Crippen LogP contribution in [0.5, 0.6) is 0 Å². The van der Waals surface area contributed by atoms with Gasteiger partial charge >= 0.3 is 0 Å². The first-order valence-corrected chi connectivity index (χ1v) is 6.59. The van der Waals surface area contributed by atoms with Gasteiger partial charge < -0.3 is 5.11 Å². The summed E-state index contributed by atoms with van der Waals surface area (Å²) >= 11 is 1.71. The van der Waals surface area contributed by atoms with Crippen molar-refractivity contribution in [3.63, 3.8) is 0 Å². The van der Waals surface area contributed by atoms with Crippen molar-refractivity contribution < 1.29 is 5.11 Å². The maximum Gasteiger partial charge on any atom is 0.0896 e. The van der Waals surface area contributed by atoms with Crippen LogP contribution in [0.25, 0.3) is 0 Å². The number of hydrogen-bond donors (Lipinski definition) is 1. The topological polar surface area (TPSA) is 33.1 Å². The van der Waals surface area contributed by atoms with E-state index in [4.69, 9.17) is 0 Å². The number of rotatable bonds is 4. The van der Waals surface area contributed by atoms with E-state index in [0.717, 1.165) is 11.4 Å². The molecule has 1 atom stereocenters. The van der Waals surface area contributed by atoms with Gasteiger partial charge in [-0.05, 0) is 25.8 Å². The first-order chi connectivity index (χ1) is 8.19. The molecule has 0 bridgehead atoms. The lowest BCUT2D eigenvalue weighted by molar-refractivity contribution is 0.265. The number of aryl methyl sites for hydroxylation is 2. The highest BCUT2D eigenvalue weighted by Crippen LogP contribution is 2.23. The molecule has 0 aliphatic rings. The molecule has 0 saturated carbocycles. The third-order valence-electron chi connectivity index (χ3n) is 2.89. The Labute approximate surface area is 106 Å². The minimum atomic E-state index is 0.176. The molecule has 2 aromatic rings. The summed E-state index contributed by atoms with van der Waals surface area (Å²) in [6, 6.07) is 8.39. The molecule has 0 spiro atoms. The van der Waals surface area contributed by atoms with E-state index in [1.165, 1.54) is 16.0 Å². The van der Waals surface area contributed by atoms with Crippen LogP contribution in [0.15, 0.2) is 30.5 Å². The van der Waals surface area contributed by atoms with E-state index < -0.39 is 0 Å². The van der Waals surface area contributed by atoms with Gasteiger partial charge in [-0.15, -0.1) is 11.3 Å². The van der Waals surface area contributed by atoms with Crippen LogP contribution in [0, 0.1) is 13.8 Å². The number of aliphatic hydroxyl groups is 1. The van der Waals surface area contributed by atoms with Crippen molar-refractivity contribution in [2.45, 2.75) is 26.2 Å². The number of thiazole rings is 1. The van der Waals surface area contributed by atoms with Crippen molar-refractivity contribution >= 4 is 11.3 Å². The van der Waals surface area contributed by atoms with Crippen molar-refractivity contribution in [2.75, 3.05) is 6.61 Å². The van der Waals surface area contributed by atoms with E-state index in [-0.39, 0.29) is 12.5 Å². The average Bonchev–Trinajstić information content (AvgIpc) is 2.73. The maximum absolute atomic E-state index is 9.50. The first-order valence-electron chi connectivity index (χ1n) is 5.78. The van der Waals surface area contributed by atoms with Gasteiger partial charge in [0.25, 0.3) is 0 Å². The lowest BCUT2D eigenvalue weighted by atomic mass is 9.95. The van der Waals surface area contributed by atoms with Crippen molar-refractivity contribution in [2.24, 2.45) is 0 Å². The zero-order chi connectivity index (χ0) is 12.3. The predicted molar refractivity (Wildman–Crippen MR) is 71.6 cm³/mol. The van der Waals surface area contributed by atoms with E-state index in [1.807, 2.05) is 13.1 Å². The summed E-state index contributed by atoms with van der Waals surface area (Å²) in [7, 11) is 0. The molecule has 1 aromatic heterocycles. The van der Waals surface area contributed by atoms with Gasteiger partial charge in [-0.1, -0.05) is 29.8 Å². The molecule has 1 unspecified atom stereocenters. The van der Waals surface area contributed by atoms with Crippen LogP contribution in [0.3, 0.4) is 0 Å². The lowest BCUT2D eigenvalue weighted by Gasteiger charge is -2.13. The zero-order valence-electron chi connectivity index (χ0n) is 10.2. The Morgan fingerprint density at radius 3 is 2.47 bits per heavy atom. The molecule has 1 N–H and O–H groups in total. The fraction of sp³-hybridized carbons (Fsp3) is 0.357. The standard InChI is InChI=1S/C14H17NOS/c1-10-3-5-12(6-4-10)13(9-16)7-14-8-15-11(2)17-14/h3-6,8,13,16H,7,9H2,1-2H3. The third-order valence-corrected chi connectivity index (χ3v) is 3.82. The molecule has 2 nitrogen and oxygen atoms in total. The van der Waals surface area contributed by atoms with Crippen LogP contribution in [0.1, 0.15) is 26.9 Å². The predicted octanol–water partition coefficient (Wildman–Crippen LogP) is 3.08. The molecular weight excluding hydrogens is 230 g/mol. The minimum Gasteiger partial charge on any atom is -0.396 e. The fourth-order valence-corrected chi connectivity index (χ4v) is 2.74. The molecule has 17 heavy (non-hydrogen) atoms. The monoisotopic (exact) mass is 247 g/mol. The minimum absolute atomic E-state index is 0.176. The van der Waals surface area contributed by atoms with E-state index >= 15 is 0 Å². The molecule has 0 amide bonds. The van der Waals surface area contributed by atoms with Crippen LogP contribution < -0.4 is 0 Å². The Bertz CT molecular complexity index is 475.